The summed E-state index contributed by atoms with van der Waals surface area (Å²) in [6, 6.07) is 11.2. The molecule has 2 aromatic rings. The maximum atomic E-state index is 12.6. The van der Waals surface area contributed by atoms with E-state index in [4.69, 9.17) is 13.7 Å². The summed E-state index contributed by atoms with van der Waals surface area (Å²) >= 11 is 0. The molecule has 3 aliphatic rings. The lowest BCUT2D eigenvalue weighted by Gasteiger charge is -2.23. The summed E-state index contributed by atoms with van der Waals surface area (Å²) in [5.41, 5.74) is 1.36. The van der Waals surface area contributed by atoms with E-state index in [1.165, 1.54) is 12.1 Å². The Balaban J connectivity index is 1.25. The van der Waals surface area contributed by atoms with Crippen LogP contribution in [0.5, 0.6) is 11.5 Å². The molecule has 2 aromatic carbocycles. The van der Waals surface area contributed by atoms with Gasteiger partial charge < -0.3 is 19.7 Å². The fourth-order valence-corrected chi connectivity index (χ4v) is 5.04. The first-order valence-electron chi connectivity index (χ1n) is 9.88. The molecular formula is C21H22N2O6S. The molecule has 5 rings (SSSR count). The Morgan fingerprint density at radius 3 is 2.57 bits per heavy atom. The van der Waals surface area contributed by atoms with Gasteiger partial charge in [-0.15, -0.1) is 0 Å². The van der Waals surface area contributed by atoms with Crippen molar-refractivity contribution in [1.82, 2.24) is 10.2 Å². The smallest absolute Gasteiger partial charge is 0.375 e. The molecule has 158 valence electrons. The maximum absolute atomic E-state index is 12.6. The van der Waals surface area contributed by atoms with Crippen LogP contribution in [0.2, 0.25) is 0 Å². The van der Waals surface area contributed by atoms with Gasteiger partial charge in [0, 0.05) is 24.7 Å². The Hall–Kier alpha value is -2.62. The van der Waals surface area contributed by atoms with Crippen molar-refractivity contribution >= 4 is 16.0 Å². The van der Waals surface area contributed by atoms with Gasteiger partial charge in [0.25, 0.3) is 5.91 Å². The lowest BCUT2D eigenvalue weighted by Crippen LogP contribution is -2.43. The van der Waals surface area contributed by atoms with Crippen LogP contribution in [-0.4, -0.2) is 51.4 Å². The molecule has 2 bridgehead atoms. The molecule has 0 spiro atoms. The summed E-state index contributed by atoms with van der Waals surface area (Å²) in [5, 5.41) is 3.09. The first-order valence-corrected chi connectivity index (χ1v) is 11.3. The summed E-state index contributed by atoms with van der Waals surface area (Å²) < 4.78 is 40.9. The lowest BCUT2D eigenvalue weighted by molar-refractivity contribution is -0.108. The number of piperidine rings is 1. The minimum absolute atomic E-state index is 0.0120. The highest BCUT2D eigenvalue weighted by Gasteiger charge is 2.39. The van der Waals surface area contributed by atoms with E-state index in [0.717, 1.165) is 31.6 Å². The van der Waals surface area contributed by atoms with Gasteiger partial charge in [0.2, 0.25) is 0 Å². The molecule has 1 amide bonds. The van der Waals surface area contributed by atoms with Crippen LogP contribution >= 0.6 is 0 Å². The van der Waals surface area contributed by atoms with E-state index in [-0.39, 0.29) is 22.6 Å². The van der Waals surface area contributed by atoms with Crippen LogP contribution in [0.25, 0.3) is 0 Å². The molecule has 9 heteroatoms. The Kier molecular flexibility index (Phi) is 4.68. The van der Waals surface area contributed by atoms with Gasteiger partial charge in [0.1, 0.15) is 0 Å². The number of ether oxygens (including phenoxy) is 2. The number of rotatable bonds is 5. The van der Waals surface area contributed by atoms with Crippen LogP contribution in [0, 0.1) is 12.8 Å². The van der Waals surface area contributed by atoms with Gasteiger partial charge in [-0.25, -0.2) is 0 Å². The Labute approximate surface area is 174 Å². The van der Waals surface area contributed by atoms with Gasteiger partial charge in [-0.2, -0.15) is 12.6 Å². The summed E-state index contributed by atoms with van der Waals surface area (Å²) in [4.78, 5) is 15.0. The zero-order chi connectivity index (χ0) is 20.9. The molecule has 2 saturated heterocycles. The van der Waals surface area contributed by atoms with E-state index in [2.05, 4.69) is 10.2 Å². The standard InChI is InChI=1S/C21H22N2O6S/c1-13-2-5-16(6-3-13)30(25,26)29-21-27-18-7-4-14(10-19(18)28-21)20(24)22-17-12-23-9-8-15(17)11-23/h2-7,10,15,17,21H,8-9,11-12H2,1H3,(H,22,24). The van der Waals surface area contributed by atoms with E-state index in [0.29, 0.717) is 17.2 Å². The monoisotopic (exact) mass is 430 g/mol. The van der Waals surface area contributed by atoms with Gasteiger partial charge in [-0.3, -0.25) is 4.79 Å². The second kappa shape index (κ2) is 7.26. The second-order valence-corrected chi connectivity index (χ2v) is 9.51. The summed E-state index contributed by atoms with van der Waals surface area (Å²) in [6.45, 7) is 3.45. The molecule has 4 unspecified atom stereocenters. The van der Waals surface area contributed by atoms with E-state index in [1.807, 2.05) is 6.92 Å². The molecule has 0 radical (unpaired) electrons. The van der Waals surface area contributed by atoms with Crippen LogP contribution in [0.15, 0.2) is 47.4 Å². The summed E-state index contributed by atoms with van der Waals surface area (Å²) in [7, 11) is -4.06. The Morgan fingerprint density at radius 2 is 1.87 bits per heavy atom. The highest BCUT2D eigenvalue weighted by molar-refractivity contribution is 7.86. The zero-order valence-corrected chi connectivity index (χ0v) is 17.2. The van der Waals surface area contributed by atoms with Gasteiger partial charge in [0.05, 0.1) is 4.90 Å². The molecule has 8 nitrogen and oxygen atoms in total. The summed E-state index contributed by atoms with van der Waals surface area (Å²) in [6.07, 6.45) is 1.11. The van der Waals surface area contributed by atoms with Crippen LogP contribution in [0.4, 0.5) is 0 Å². The highest BCUT2D eigenvalue weighted by atomic mass is 32.2. The van der Waals surface area contributed by atoms with Gasteiger partial charge in [-0.05, 0) is 56.1 Å². The third kappa shape index (κ3) is 3.64. The van der Waals surface area contributed by atoms with E-state index >= 15 is 0 Å². The predicted molar refractivity (Wildman–Crippen MR) is 107 cm³/mol. The maximum Gasteiger partial charge on any atom is 0.375 e. The van der Waals surface area contributed by atoms with E-state index < -0.39 is 16.6 Å². The topological polar surface area (TPSA) is 94.2 Å². The van der Waals surface area contributed by atoms with E-state index in [9.17, 15) is 13.2 Å². The molecular weight excluding hydrogens is 408 g/mol. The van der Waals surface area contributed by atoms with Crippen molar-refractivity contribution in [2.45, 2.75) is 30.8 Å². The number of carbonyl (C=O) groups excluding carboxylic acids is 1. The Morgan fingerprint density at radius 1 is 1.10 bits per heavy atom. The van der Waals surface area contributed by atoms with Gasteiger partial charge in [0.15, 0.2) is 11.5 Å². The highest BCUT2D eigenvalue weighted by Crippen LogP contribution is 2.37. The van der Waals surface area contributed by atoms with Crippen molar-refractivity contribution in [3.05, 3.63) is 53.6 Å². The SMILES string of the molecule is Cc1ccc(S(=O)(=O)OC2Oc3ccc(C(=O)NC4CN5CCC4C5)cc3O2)cc1. The molecule has 0 aliphatic carbocycles. The molecule has 2 fully saturated rings. The number of amides is 1. The van der Waals surface area contributed by atoms with Crippen LogP contribution < -0.4 is 14.8 Å². The van der Waals surface area contributed by atoms with Crippen molar-refractivity contribution in [3.63, 3.8) is 0 Å². The van der Waals surface area contributed by atoms with Crippen molar-refractivity contribution in [1.29, 1.82) is 0 Å². The first kappa shape index (κ1) is 19.3. The number of carbonyl (C=O) groups is 1. The fraction of sp³-hybridized carbons (Fsp3) is 0.381. The molecule has 30 heavy (non-hydrogen) atoms. The second-order valence-electron chi connectivity index (χ2n) is 7.94. The largest absolute Gasteiger partial charge is 0.427 e. The Bertz CT molecular complexity index is 1090. The van der Waals surface area contributed by atoms with E-state index in [1.54, 1.807) is 30.3 Å². The minimum atomic E-state index is -4.06. The molecule has 3 heterocycles. The molecule has 1 N–H and O–H groups in total. The number of hydrogen-bond acceptors (Lipinski definition) is 7. The number of nitrogens with one attached hydrogen (secondary N) is 1. The number of fused-ring (bicyclic) bond motifs is 3. The lowest BCUT2D eigenvalue weighted by atomic mass is 9.99. The average molecular weight is 430 g/mol. The van der Waals surface area contributed by atoms with Gasteiger partial charge in [-0.1, -0.05) is 17.7 Å². The zero-order valence-electron chi connectivity index (χ0n) is 16.4. The first-order chi connectivity index (χ1) is 14.4. The van der Waals surface area contributed by atoms with Crippen molar-refractivity contribution < 1.29 is 26.9 Å². The molecule has 3 aliphatic heterocycles. The van der Waals surface area contributed by atoms with Crippen LogP contribution in [0.1, 0.15) is 22.3 Å². The molecule has 0 saturated carbocycles. The van der Waals surface area contributed by atoms with Crippen molar-refractivity contribution in [2.75, 3.05) is 19.6 Å². The molecule has 4 atom stereocenters. The normalized spacial score (nSPS) is 26.7. The van der Waals surface area contributed by atoms with Crippen molar-refractivity contribution in [2.24, 2.45) is 5.92 Å². The fourth-order valence-electron chi connectivity index (χ4n) is 4.17. The summed E-state index contributed by atoms with van der Waals surface area (Å²) in [5.74, 6) is 0.912. The minimum Gasteiger partial charge on any atom is -0.427 e. The van der Waals surface area contributed by atoms with Crippen LogP contribution in [-0.2, 0) is 14.3 Å². The third-order valence-corrected chi connectivity index (χ3v) is 7.08. The third-order valence-electron chi connectivity index (χ3n) is 5.82. The number of hydrogen-bond donors (Lipinski definition) is 1. The number of aryl methyl sites for hydroxylation is 1. The number of benzene rings is 2. The van der Waals surface area contributed by atoms with Crippen molar-refractivity contribution in [3.8, 4) is 11.5 Å². The van der Waals surface area contributed by atoms with Crippen LogP contribution in [0.3, 0.4) is 0 Å². The van der Waals surface area contributed by atoms with Gasteiger partial charge >= 0.3 is 16.6 Å². The molecule has 0 aromatic heterocycles. The quantitative estimate of drug-likeness (QED) is 0.724. The number of nitrogens with zero attached hydrogens (tertiary/aromatic N) is 1. The predicted octanol–water partition coefficient (Wildman–Crippen LogP) is 1.89. The average Bonchev–Trinajstić information content (AvgIpc) is 3.42.